The van der Waals surface area contributed by atoms with Crippen LogP contribution in [-0.4, -0.2) is 40.1 Å². The average Bonchev–Trinajstić information content (AvgIpc) is 3.12. The summed E-state index contributed by atoms with van der Waals surface area (Å²) in [5.74, 6) is 0.364. The van der Waals surface area contributed by atoms with Gasteiger partial charge >= 0.3 is 5.97 Å². The van der Waals surface area contributed by atoms with E-state index in [9.17, 15) is 9.59 Å². The lowest BCUT2D eigenvalue weighted by molar-refractivity contribution is -0.140. The number of ether oxygens (including phenoxy) is 1. The van der Waals surface area contributed by atoms with Gasteiger partial charge in [-0.05, 0) is 25.0 Å². The number of hydrogen-bond donors (Lipinski definition) is 1. The fraction of sp³-hybridized carbons (Fsp3) is 0.375. The molecule has 23 heavy (non-hydrogen) atoms. The van der Waals surface area contributed by atoms with Crippen molar-refractivity contribution in [2.45, 2.75) is 25.7 Å². The third-order valence-electron chi connectivity index (χ3n) is 3.35. The summed E-state index contributed by atoms with van der Waals surface area (Å²) in [7, 11) is 1.38. The minimum Gasteiger partial charge on any atom is -0.469 e. The molecule has 122 valence electrons. The van der Waals surface area contributed by atoms with Crippen LogP contribution in [-0.2, 0) is 9.53 Å². The van der Waals surface area contributed by atoms with E-state index in [1.54, 1.807) is 41.6 Å². The Kier molecular flexibility index (Phi) is 6.28. The molecule has 0 fully saturated rings. The highest BCUT2D eigenvalue weighted by atomic mass is 16.5. The van der Waals surface area contributed by atoms with Gasteiger partial charge in [0.05, 0.1) is 12.7 Å². The second-order valence-electron chi connectivity index (χ2n) is 5.02. The molecule has 2 rings (SSSR count). The SMILES string of the molecule is COC(=O)CCCCCNC(=O)c1ccc(-n2ccnc2)nc1. The zero-order valence-corrected chi connectivity index (χ0v) is 13.1. The number of nitrogens with zero attached hydrogens (tertiary/aromatic N) is 3. The molecular weight excluding hydrogens is 296 g/mol. The topological polar surface area (TPSA) is 86.1 Å². The number of unbranched alkanes of at least 4 members (excludes halogenated alkanes) is 2. The van der Waals surface area contributed by atoms with Gasteiger partial charge in [0, 0.05) is 31.6 Å². The number of imidazole rings is 1. The van der Waals surface area contributed by atoms with Gasteiger partial charge in [-0.25, -0.2) is 9.97 Å². The number of hydrogen-bond acceptors (Lipinski definition) is 5. The fourth-order valence-corrected chi connectivity index (χ4v) is 2.04. The van der Waals surface area contributed by atoms with E-state index < -0.39 is 0 Å². The van der Waals surface area contributed by atoms with E-state index in [-0.39, 0.29) is 11.9 Å². The first-order chi connectivity index (χ1) is 11.2. The Balaban J connectivity index is 1.70. The fourth-order valence-electron chi connectivity index (χ4n) is 2.04. The van der Waals surface area contributed by atoms with Crippen LogP contribution in [0.2, 0.25) is 0 Å². The number of carbonyl (C=O) groups excluding carboxylic acids is 2. The third-order valence-corrected chi connectivity index (χ3v) is 3.35. The molecule has 0 radical (unpaired) electrons. The van der Waals surface area contributed by atoms with E-state index in [0.29, 0.717) is 24.3 Å². The van der Waals surface area contributed by atoms with Gasteiger partial charge in [-0.3, -0.25) is 14.2 Å². The standard InChI is InChI=1S/C16H20N4O3/c1-23-15(21)5-3-2-4-8-18-16(22)13-6-7-14(19-11-13)20-10-9-17-12-20/h6-7,9-12H,2-5,8H2,1H3,(H,18,22). The molecule has 0 aliphatic heterocycles. The van der Waals surface area contributed by atoms with Gasteiger partial charge in [-0.2, -0.15) is 0 Å². The predicted octanol–water partition coefficient (Wildman–Crippen LogP) is 1.73. The van der Waals surface area contributed by atoms with Crippen molar-refractivity contribution in [1.82, 2.24) is 19.9 Å². The molecule has 2 aromatic heterocycles. The first-order valence-corrected chi connectivity index (χ1v) is 7.50. The Morgan fingerprint density at radius 1 is 1.26 bits per heavy atom. The lowest BCUT2D eigenvalue weighted by Crippen LogP contribution is -2.24. The molecule has 0 spiro atoms. The van der Waals surface area contributed by atoms with Crippen molar-refractivity contribution in [2.24, 2.45) is 0 Å². The molecule has 7 heteroatoms. The Labute approximate surface area is 134 Å². The van der Waals surface area contributed by atoms with Crippen LogP contribution in [0.4, 0.5) is 0 Å². The molecule has 0 aliphatic carbocycles. The summed E-state index contributed by atoms with van der Waals surface area (Å²) >= 11 is 0. The number of methoxy groups -OCH3 is 1. The largest absolute Gasteiger partial charge is 0.469 e. The number of nitrogens with one attached hydrogen (secondary N) is 1. The monoisotopic (exact) mass is 316 g/mol. The Morgan fingerprint density at radius 3 is 2.78 bits per heavy atom. The van der Waals surface area contributed by atoms with Crippen molar-refractivity contribution in [3.63, 3.8) is 0 Å². The van der Waals surface area contributed by atoms with Crippen LogP contribution in [0.15, 0.2) is 37.1 Å². The Bertz CT molecular complexity index is 623. The summed E-state index contributed by atoms with van der Waals surface area (Å²) in [6.45, 7) is 0.573. The summed E-state index contributed by atoms with van der Waals surface area (Å²) < 4.78 is 6.33. The molecule has 0 bridgehead atoms. The molecule has 0 unspecified atom stereocenters. The minimum absolute atomic E-state index is 0.150. The van der Waals surface area contributed by atoms with Crippen LogP contribution in [0.25, 0.3) is 5.82 Å². The molecule has 0 saturated carbocycles. The number of amides is 1. The van der Waals surface area contributed by atoms with Crippen LogP contribution in [0.5, 0.6) is 0 Å². The van der Waals surface area contributed by atoms with E-state index in [1.165, 1.54) is 7.11 Å². The molecule has 0 aliphatic rings. The van der Waals surface area contributed by atoms with Crippen LogP contribution >= 0.6 is 0 Å². The molecule has 2 heterocycles. The highest BCUT2D eigenvalue weighted by Gasteiger charge is 2.06. The van der Waals surface area contributed by atoms with Crippen LogP contribution < -0.4 is 5.32 Å². The van der Waals surface area contributed by atoms with Gasteiger partial charge in [-0.1, -0.05) is 6.42 Å². The maximum absolute atomic E-state index is 12.0. The first kappa shape index (κ1) is 16.7. The maximum atomic E-state index is 12.0. The van der Waals surface area contributed by atoms with Crippen molar-refractivity contribution in [1.29, 1.82) is 0 Å². The van der Waals surface area contributed by atoms with Crippen LogP contribution in [0.3, 0.4) is 0 Å². The van der Waals surface area contributed by atoms with Gasteiger partial charge in [0.25, 0.3) is 5.91 Å². The van der Waals surface area contributed by atoms with Gasteiger partial charge in [0.2, 0.25) is 0 Å². The summed E-state index contributed by atoms with van der Waals surface area (Å²) in [5, 5.41) is 2.84. The van der Waals surface area contributed by atoms with Crippen molar-refractivity contribution in [2.75, 3.05) is 13.7 Å². The van der Waals surface area contributed by atoms with E-state index in [1.807, 2.05) is 0 Å². The number of aromatic nitrogens is 3. The van der Waals surface area contributed by atoms with E-state index in [2.05, 4.69) is 20.0 Å². The van der Waals surface area contributed by atoms with E-state index in [0.717, 1.165) is 19.3 Å². The molecule has 0 atom stereocenters. The Morgan fingerprint density at radius 2 is 2.13 bits per heavy atom. The molecule has 1 amide bonds. The van der Waals surface area contributed by atoms with E-state index >= 15 is 0 Å². The highest BCUT2D eigenvalue weighted by molar-refractivity contribution is 5.93. The maximum Gasteiger partial charge on any atom is 0.305 e. The third kappa shape index (κ3) is 5.21. The molecule has 2 aromatic rings. The van der Waals surface area contributed by atoms with Gasteiger partial charge in [-0.15, -0.1) is 0 Å². The molecule has 7 nitrogen and oxygen atoms in total. The second kappa shape index (κ2) is 8.67. The smallest absolute Gasteiger partial charge is 0.305 e. The average molecular weight is 316 g/mol. The zero-order chi connectivity index (χ0) is 16.5. The molecule has 0 saturated heterocycles. The van der Waals surface area contributed by atoms with Crippen molar-refractivity contribution in [3.05, 3.63) is 42.6 Å². The minimum atomic E-state index is -0.196. The van der Waals surface area contributed by atoms with E-state index in [4.69, 9.17) is 0 Å². The zero-order valence-electron chi connectivity index (χ0n) is 13.1. The van der Waals surface area contributed by atoms with Gasteiger partial charge in [0.15, 0.2) is 0 Å². The number of esters is 1. The summed E-state index contributed by atoms with van der Waals surface area (Å²) in [6.07, 6.45) is 9.53. The summed E-state index contributed by atoms with van der Waals surface area (Å²) in [6, 6.07) is 3.50. The normalized spacial score (nSPS) is 10.3. The lowest BCUT2D eigenvalue weighted by atomic mass is 10.2. The highest BCUT2D eigenvalue weighted by Crippen LogP contribution is 2.06. The number of carbonyl (C=O) groups is 2. The van der Waals surface area contributed by atoms with Crippen molar-refractivity contribution >= 4 is 11.9 Å². The lowest BCUT2D eigenvalue weighted by Gasteiger charge is -2.06. The van der Waals surface area contributed by atoms with Crippen LogP contribution in [0.1, 0.15) is 36.0 Å². The van der Waals surface area contributed by atoms with Crippen LogP contribution in [0, 0.1) is 0 Å². The summed E-state index contributed by atoms with van der Waals surface area (Å²) in [5.41, 5.74) is 0.517. The van der Waals surface area contributed by atoms with Gasteiger partial charge in [0.1, 0.15) is 12.1 Å². The number of pyridine rings is 1. The second-order valence-corrected chi connectivity index (χ2v) is 5.02. The van der Waals surface area contributed by atoms with Crippen molar-refractivity contribution in [3.8, 4) is 5.82 Å². The molecule has 0 aromatic carbocycles. The van der Waals surface area contributed by atoms with Crippen molar-refractivity contribution < 1.29 is 14.3 Å². The summed E-state index contributed by atoms with van der Waals surface area (Å²) in [4.78, 5) is 31.1. The predicted molar refractivity (Wildman–Crippen MR) is 84.2 cm³/mol. The Hall–Kier alpha value is -2.70. The number of rotatable bonds is 8. The quantitative estimate of drug-likeness (QED) is 0.592. The molecule has 1 N–H and O–H groups in total. The van der Waals surface area contributed by atoms with Gasteiger partial charge < -0.3 is 10.1 Å². The first-order valence-electron chi connectivity index (χ1n) is 7.50. The molecular formula is C16H20N4O3.